The number of anilines is 1. The van der Waals surface area contributed by atoms with Gasteiger partial charge < -0.3 is 10.1 Å². The Balaban J connectivity index is 1.47. The molecule has 0 spiro atoms. The van der Waals surface area contributed by atoms with Crippen molar-refractivity contribution < 1.29 is 17.9 Å². The van der Waals surface area contributed by atoms with Gasteiger partial charge in [-0.2, -0.15) is 4.31 Å². The zero-order chi connectivity index (χ0) is 22.6. The molecule has 0 saturated carbocycles. The Morgan fingerprint density at radius 3 is 2.38 bits per heavy atom. The Morgan fingerprint density at radius 1 is 1.03 bits per heavy atom. The van der Waals surface area contributed by atoms with Crippen molar-refractivity contribution in [2.24, 2.45) is 0 Å². The third-order valence-electron chi connectivity index (χ3n) is 5.04. The first-order valence-corrected chi connectivity index (χ1v) is 12.7. The second-order valence-corrected chi connectivity index (χ2v) is 10.5. The first-order chi connectivity index (χ1) is 15.4. The fourth-order valence-electron chi connectivity index (χ4n) is 3.48. The van der Waals surface area contributed by atoms with Crippen molar-refractivity contribution in [3.05, 3.63) is 90.0 Å². The van der Waals surface area contributed by atoms with Gasteiger partial charge in [-0.25, -0.2) is 8.42 Å². The van der Waals surface area contributed by atoms with Crippen LogP contribution in [0.3, 0.4) is 0 Å². The van der Waals surface area contributed by atoms with E-state index in [1.165, 1.54) is 23.4 Å². The smallest absolute Gasteiger partial charge is 0.244 e. The average molecular weight is 469 g/mol. The topological polar surface area (TPSA) is 75.7 Å². The van der Waals surface area contributed by atoms with E-state index in [1.807, 2.05) is 54.6 Å². The molecular weight excluding hydrogens is 444 g/mol. The molecule has 4 rings (SSSR count). The van der Waals surface area contributed by atoms with E-state index >= 15 is 0 Å². The lowest BCUT2D eigenvalue weighted by Gasteiger charge is -2.24. The number of sulfonamides is 1. The summed E-state index contributed by atoms with van der Waals surface area (Å²) >= 11 is 1.60. The quantitative estimate of drug-likeness (QED) is 0.546. The van der Waals surface area contributed by atoms with E-state index in [0.29, 0.717) is 18.8 Å². The number of hydrogen-bond acceptors (Lipinski definition) is 5. The first-order valence-electron chi connectivity index (χ1n) is 10.2. The highest BCUT2D eigenvalue weighted by Crippen LogP contribution is 2.41. The van der Waals surface area contributed by atoms with E-state index in [2.05, 4.69) is 5.32 Å². The van der Waals surface area contributed by atoms with Gasteiger partial charge in [0, 0.05) is 24.9 Å². The van der Waals surface area contributed by atoms with Crippen LogP contribution < -0.4 is 10.1 Å². The fraction of sp³-hybridized carbons (Fsp3) is 0.208. The van der Waals surface area contributed by atoms with Crippen molar-refractivity contribution in [3.63, 3.8) is 0 Å². The normalized spacial score (nSPS) is 16.6. The van der Waals surface area contributed by atoms with Crippen molar-refractivity contribution in [2.75, 3.05) is 17.6 Å². The molecule has 1 atom stereocenters. The minimum atomic E-state index is -3.67. The number of benzene rings is 3. The van der Waals surface area contributed by atoms with Gasteiger partial charge >= 0.3 is 0 Å². The summed E-state index contributed by atoms with van der Waals surface area (Å²) in [4.78, 5) is 11.4. The predicted octanol–water partition coefficient (Wildman–Crippen LogP) is 4.66. The molecule has 3 aromatic rings. The zero-order valence-electron chi connectivity index (χ0n) is 17.6. The minimum absolute atomic E-state index is 0.201. The molecule has 1 saturated heterocycles. The molecule has 166 valence electrons. The highest BCUT2D eigenvalue weighted by molar-refractivity contribution is 8.01. The summed E-state index contributed by atoms with van der Waals surface area (Å²) in [5.74, 6) is 1.26. The summed E-state index contributed by atoms with van der Waals surface area (Å²) in [6.07, 6.45) is 0. The molecule has 6 nitrogen and oxygen atoms in total. The average Bonchev–Trinajstić information content (AvgIpc) is 3.30. The molecule has 8 heteroatoms. The molecule has 1 aliphatic rings. The molecule has 1 heterocycles. The molecule has 0 aromatic heterocycles. The molecule has 1 unspecified atom stereocenters. The van der Waals surface area contributed by atoms with Gasteiger partial charge in [0.25, 0.3) is 0 Å². The third-order valence-corrected chi connectivity index (χ3v) is 8.32. The molecule has 1 fully saturated rings. The predicted molar refractivity (Wildman–Crippen MR) is 127 cm³/mol. The third kappa shape index (κ3) is 5.15. The van der Waals surface area contributed by atoms with Crippen molar-refractivity contribution in [1.29, 1.82) is 0 Å². The number of nitrogens with one attached hydrogen (secondary N) is 1. The highest BCUT2D eigenvalue weighted by Gasteiger charge is 2.36. The maximum absolute atomic E-state index is 13.3. The number of carbonyl (C=O) groups is 1. The number of ether oxygens (including phenoxy) is 1. The van der Waals surface area contributed by atoms with Crippen molar-refractivity contribution >= 4 is 33.4 Å². The first kappa shape index (κ1) is 22.4. The van der Waals surface area contributed by atoms with Gasteiger partial charge in [-0.05, 0) is 47.5 Å². The summed E-state index contributed by atoms with van der Waals surface area (Å²) < 4.78 is 33.9. The van der Waals surface area contributed by atoms with E-state index in [4.69, 9.17) is 4.74 Å². The summed E-state index contributed by atoms with van der Waals surface area (Å²) in [6.45, 7) is 2.33. The summed E-state index contributed by atoms with van der Waals surface area (Å²) in [5.41, 5.74) is 2.57. The van der Waals surface area contributed by atoms with Gasteiger partial charge in [-0.15, -0.1) is 11.8 Å². The van der Waals surface area contributed by atoms with Crippen LogP contribution in [0.2, 0.25) is 0 Å². The SMILES string of the molecule is CC(=O)Nc1ccc(S(=O)(=O)N2CCSC2c2ccc(OCc3ccccc3)cc2)cc1. The van der Waals surface area contributed by atoms with E-state index in [0.717, 1.165) is 22.6 Å². The molecule has 32 heavy (non-hydrogen) atoms. The second-order valence-electron chi connectivity index (χ2n) is 7.39. The largest absolute Gasteiger partial charge is 0.489 e. The molecule has 1 amide bonds. The molecule has 3 aromatic carbocycles. The van der Waals surface area contributed by atoms with Crippen LogP contribution in [0.1, 0.15) is 23.4 Å². The fourth-order valence-corrected chi connectivity index (χ4v) is 6.72. The number of nitrogens with zero attached hydrogens (tertiary/aromatic N) is 1. The molecule has 0 bridgehead atoms. The van der Waals surface area contributed by atoms with Crippen LogP contribution in [-0.2, 0) is 21.4 Å². The summed E-state index contributed by atoms with van der Waals surface area (Å²) in [7, 11) is -3.67. The number of thioether (sulfide) groups is 1. The minimum Gasteiger partial charge on any atom is -0.489 e. The van der Waals surface area contributed by atoms with Crippen LogP contribution in [0.4, 0.5) is 5.69 Å². The molecular formula is C24H24N2O4S2. The number of rotatable bonds is 7. The Hall–Kier alpha value is -2.81. The van der Waals surface area contributed by atoms with Crippen LogP contribution in [0.15, 0.2) is 83.8 Å². The van der Waals surface area contributed by atoms with E-state index < -0.39 is 10.0 Å². The van der Waals surface area contributed by atoms with E-state index in [9.17, 15) is 13.2 Å². The molecule has 0 aliphatic carbocycles. The van der Waals surface area contributed by atoms with Gasteiger partial charge in [-0.1, -0.05) is 42.5 Å². The lowest BCUT2D eigenvalue weighted by atomic mass is 10.2. The van der Waals surface area contributed by atoms with Crippen LogP contribution >= 0.6 is 11.8 Å². The van der Waals surface area contributed by atoms with Gasteiger partial charge in [0.15, 0.2) is 0 Å². The Labute approximate surface area is 192 Å². The number of amides is 1. The van der Waals surface area contributed by atoms with Crippen LogP contribution in [0.5, 0.6) is 5.75 Å². The summed E-state index contributed by atoms with van der Waals surface area (Å²) in [6, 6.07) is 23.8. The lowest BCUT2D eigenvalue weighted by molar-refractivity contribution is -0.114. The van der Waals surface area contributed by atoms with Gasteiger partial charge in [0.1, 0.15) is 12.4 Å². The van der Waals surface area contributed by atoms with Crippen LogP contribution in [-0.4, -0.2) is 30.9 Å². The monoisotopic (exact) mass is 468 g/mol. The standard InChI is InChI=1S/C24H24N2O4S2/c1-18(27)25-21-9-13-23(14-10-21)32(28,29)26-15-16-31-24(26)20-7-11-22(12-8-20)30-17-19-5-3-2-4-6-19/h2-14,24H,15-17H2,1H3,(H,25,27). The van der Waals surface area contributed by atoms with E-state index in [1.54, 1.807) is 23.9 Å². The van der Waals surface area contributed by atoms with Crippen molar-refractivity contribution in [2.45, 2.75) is 23.8 Å². The summed E-state index contributed by atoms with van der Waals surface area (Å²) in [5, 5.41) is 2.36. The van der Waals surface area contributed by atoms with Gasteiger partial charge in [0.05, 0.1) is 10.3 Å². The van der Waals surface area contributed by atoms with Crippen LogP contribution in [0, 0.1) is 0 Å². The lowest BCUT2D eigenvalue weighted by Crippen LogP contribution is -2.30. The van der Waals surface area contributed by atoms with Gasteiger partial charge in [0.2, 0.25) is 15.9 Å². The maximum Gasteiger partial charge on any atom is 0.244 e. The molecule has 1 N–H and O–H groups in total. The Kier molecular flexibility index (Phi) is 6.83. The molecule has 1 aliphatic heterocycles. The highest BCUT2D eigenvalue weighted by atomic mass is 32.2. The second kappa shape index (κ2) is 9.77. The molecule has 0 radical (unpaired) electrons. The number of hydrogen-bond donors (Lipinski definition) is 1. The zero-order valence-corrected chi connectivity index (χ0v) is 19.2. The Morgan fingerprint density at radius 2 is 1.72 bits per heavy atom. The number of carbonyl (C=O) groups excluding carboxylic acids is 1. The Bertz CT molecular complexity index is 1160. The van der Waals surface area contributed by atoms with Gasteiger partial charge in [-0.3, -0.25) is 4.79 Å². The van der Waals surface area contributed by atoms with Crippen molar-refractivity contribution in [3.8, 4) is 5.75 Å². The van der Waals surface area contributed by atoms with Crippen LogP contribution in [0.25, 0.3) is 0 Å². The van der Waals surface area contributed by atoms with Crippen molar-refractivity contribution in [1.82, 2.24) is 4.31 Å². The maximum atomic E-state index is 13.3. The van der Waals surface area contributed by atoms with E-state index in [-0.39, 0.29) is 16.2 Å².